The maximum atomic E-state index is 11.6. The number of hydrogen-bond acceptors (Lipinski definition) is 5. The van der Waals surface area contributed by atoms with E-state index in [-0.39, 0.29) is 25.6 Å². The van der Waals surface area contributed by atoms with Crippen LogP contribution in [0.1, 0.15) is 11.7 Å². The first kappa shape index (κ1) is 18.4. The molecule has 2 atom stereocenters. The second-order valence-electron chi connectivity index (χ2n) is 5.41. The molecule has 2 unspecified atom stereocenters. The molecular formula is C15H20Cl2N2O4. The van der Waals surface area contributed by atoms with E-state index in [1.807, 2.05) is 0 Å². The van der Waals surface area contributed by atoms with E-state index in [0.29, 0.717) is 28.8 Å². The van der Waals surface area contributed by atoms with Gasteiger partial charge in [0.05, 0.1) is 23.2 Å². The summed E-state index contributed by atoms with van der Waals surface area (Å²) < 4.78 is 10.6. The molecule has 0 bridgehead atoms. The highest BCUT2D eigenvalue weighted by Gasteiger charge is 2.40. The van der Waals surface area contributed by atoms with Crippen molar-refractivity contribution in [2.75, 3.05) is 40.0 Å². The second-order valence-corrected chi connectivity index (χ2v) is 6.23. The molecule has 1 aromatic rings. The van der Waals surface area contributed by atoms with Crippen molar-refractivity contribution < 1.29 is 19.4 Å². The van der Waals surface area contributed by atoms with Crippen LogP contribution in [0, 0.1) is 0 Å². The van der Waals surface area contributed by atoms with Gasteiger partial charge in [-0.15, -0.1) is 0 Å². The van der Waals surface area contributed by atoms with Crippen molar-refractivity contribution in [1.29, 1.82) is 0 Å². The molecule has 0 saturated carbocycles. The van der Waals surface area contributed by atoms with Gasteiger partial charge in [0.1, 0.15) is 18.3 Å². The zero-order valence-corrected chi connectivity index (χ0v) is 14.3. The van der Waals surface area contributed by atoms with Gasteiger partial charge in [0, 0.05) is 20.2 Å². The van der Waals surface area contributed by atoms with Crippen LogP contribution in [0.25, 0.3) is 0 Å². The number of halogens is 2. The van der Waals surface area contributed by atoms with Gasteiger partial charge in [-0.05, 0) is 17.7 Å². The van der Waals surface area contributed by atoms with Gasteiger partial charge in [0.15, 0.2) is 0 Å². The van der Waals surface area contributed by atoms with Crippen LogP contribution in [0.2, 0.25) is 10.0 Å². The molecule has 6 nitrogen and oxygen atoms in total. The Kier molecular flexibility index (Phi) is 6.64. The fourth-order valence-electron chi connectivity index (χ4n) is 2.47. The third-order valence-corrected chi connectivity index (χ3v) is 4.34. The van der Waals surface area contributed by atoms with Crippen molar-refractivity contribution in [1.82, 2.24) is 10.6 Å². The molecule has 8 heteroatoms. The number of carbonyl (C=O) groups excluding carboxylic acids is 1. The first-order chi connectivity index (χ1) is 11.0. The summed E-state index contributed by atoms with van der Waals surface area (Å²) in [5, 5.41) is 17.6. The Balaban J connectivity index is 2.21. The first-order valence-electron chi connectivity index (χ1n) is 7.21. The van der Waals surface area contributed by atoms with Crippen LogP contribution in [-0.2, 0) is 14.3 Å². The van der Waals surface area contributed by atoms with E-state index in [1.165, 1.54) is 7.11 Å². The van der Waals surface area contributed by atoms with E-state index in [2.05, 4.69) is 10.6 Å². The summed E-state index contributed by atoms with van der Waals surface area (Å²) in [5.74, 6) is -0.307. The molecule has 1 heterocycles. The van der Waals surface area contributed by atoms with Crippen molar-refractivity contribution in [3.05, 3.63) is 33.8 Å². The zero-order chi connectivity index (χ0) is 16.9. The number of methoxy groups -OCH3 is 1. The monoisotopic (exact) mass is 362 g/mol. The number of β-amino-alcohol motifs (C(OH)–C–C–N with tert-alkyl or cyclic N) is 1. The third kappa shape index (κ3) is 4.79. The largest absolute Gasteiger partial charge is 0.384 e. The standard InChI is InChI=1S/C15H20Cl2N2O4/c1-22-7-13(20)19-9-15(21)8-18-4-5-23-14(15)10-2-3-11(16)12(17)6-10/h2-3,6,14,18,21H,4-5,7-9H2,1H3,(H,19,20). The van der Waals surface area contributed by atoms with Crippen molar-refractivity contribution >= 4 is 29.1 Å². The number of carbonyl (C=O) groups is 1. The van der Waals surface area contributed by atoms with E-state index in [1.54, 1.807) is 18.2 Å². The minimum atomic E-state index is -1.32. The van der Waals surface area contributed by atoms with Crippen LogP contribution in [0.3, 0.4) is 0 Å². The summed E-state index contributed by atoms with van der Waals surface area (Å²) in [4.78, 5) is 11.6. The molecule has 0 radical (unpaired) electrons. The number of benzene rings is 1. The summed E-state index contributed by atoms with van der Waals surface area (Å²) in [6.07, 6.45) is -0.643. The third-order valence-electron chi connectivity index (χ3n) is 3.60. The molecule has 1 amide bonds. The van der Waals surface area contributed by atoms with Crippen molar-refractivity contribution in [3.63, 3.8) is 0 Å². The maximum Gasteiger partial charge on any atom is 0.246 e. The first-order valence-corrected chi connectivity index (χ1v) is 7.97. The van der Waals surface area contributed by atoms with Gasteiger partial charge < -0.3 is 25.2 Å². The van der Waals surface area contributed by atoms with Crippen LogP contribution in [0.5, 0.6) is 0 Å². The number of hydrogen-bond donors (Lipinski definition) is 3. The quantitative estimate of drug-likeness (QED) is 0.732. The molecular weight excluding hydrogens is 343 g/mol. The molecule has 3 N–H and O–H groups in total. The molecule has 1 aliphatic rings. The van der Waals surface area contributed by atoms with Crippen molar-refractivity contribution in [3.8, 4) is 0 Å². The summed E-state index contributed by atoms with van der Waals surface area (Å²) in [6, 6.07) is 5.08. The Bertz CT molecular complexity index is 558. The number of aliphatic hydroxyl groups is 1. The lowest BCUT2D eigenvalue weighted by atomic mass is 9.90. The van der Waals surface area contributed by atoms with Gasteiger partial charge >= 0.3 is 0 Å². The molecule has 1 aromatic carbocycles. The lowest BCUT2D eigenvalue weighted by Gasteiger charge is -2.34. The van der Waals surface area contributed by atoms with Crippen molar-refractivity contribution in [2.24, 2.45) is 0 Å². The molecule has 23 heavy (non-hydrogen) atoms. The fourth-order valence-corrected chi connectivity index (χ4v) is 2.78. The summed E-state index contributed by atoms with van der Waals surface area (Å²) in [6.45, 7) is 1.26. The van der Waals surface area contributed by atoms with Crippen LogP contribution in [0.4, 0.5) is 0 Å². The lowest BCUT2D eigenvalue weighted by molar-refractivity contribution is -0.129. The zero-order valence-electron chi connectivity index (χ0n) is 12.8. The van der Waals surface area contributed by atoms with Crippen LogP contribution in [0.15, 0.2) is 18.2 Å². The normalized spacial score (nSPS) is 25.0. The second kappa shape index (κ2) is 8.28. The van der Waals surface area contributed by atoms with Crippen molar-refractivity contribution in [2.45, 2.75) is 11.7 Å². The Morgan fingerprint density at radius 1 is 1.52 bits per heavy atom. The summed E-state index contributed by atoms with van der Waals surface area (Å²) >= 11 is 12.0. The minimum absolute atomic E-state index is 0.0209. The van der Waals surface area contributed by atoms with E-state index >= 15 is 0 Å². The molecule has 0 aliphatic carbocycles. The van der Waals surface area contributed by atoms with Crippen LogP contribution in [-0.4, -0.2) is 56.6 Å². The van der Waals surface area contributed by atoms with Gasteiger partial charge in [-0.3, -0.25) is 4.79 Å². The highest BCUT2D eigenvalue weighted by molar-refractivity contribution is 6.42. The van der Waals surface area contributed by atoms with E-state index in [9.17, 15) is 9.90 Å². The molecule has 0 aromatic heterocycles. The van der Waals surface area contributed by atoms with Crippen LogP contribution >= 0.6 is 23.2 Å². The lowest BCUT2D eigenvalue weighted by Crippen LogP contribution is -2.53. The number of ether oxygens (including phenoxy) is 2. The predicted octanol–water partition coefficient (Wildman–Crippen LogP) is 1.15. The van der Waals surface area contributed by atoms with Gasteiger partial charge in [-0.25, -0.2) is 0 Å². The average molecular weight is 363 g/mol. The highest BCUT2D eigenvalue weighted by Crippen LogP contribution is 2.34. The van der Waals surface area contributed by atoms with E-state index in [0.717, 1.165) is 0 Å². The van der Waals surface area contributed by atoms with Gasteiger partial charge in [0.2, 0.25) is 5.91 Å². The molecule has 2 rings (SSSR count). The molecule has 1 saturated heterocycles. The molecule has 0 spiro atoms. The fraction of sp³-hybridized carbons (Fsp3) is 0.533. The number of rotatable bonds is 5. The maximum absolute atomic E-state index is 11.6. The molecule has 1 aliphatic heterocycles. The van der Waals surface area contributed by atoms with Gasteiger partial charge in [0.25, 0.3) is 0 Å². The topological polar surface area (TPSA) is 79.8 Å². The smallest absolute Gasteiger partial charge is 0.246 e. The van der Waals surface area contributed by atoms with E-state index in [4.69, 9.17) is 32.7 Å². The van der Waals surface area contributed by atoms with Crippen LogP contribution < -0.4 is 10.6 Å². The van der Waals surface area contributed by atoms with E-state index < -0.39 is 11.7 Å². The summed E-state index contributed by atoms with van der Waals surface area (Å²) in [5.41, 5.74) is -0.622. The minimum Gasteiger partial charge on any atom is -0.384 e. The Labute approximate surface area is 145 Å². The Morgan fingerprint density at radius 2 is 2.30 bits per heavy atom. The van der Waals surface area contributed by atoms with Gasteiger partial charge in [-0.1, -0.05) is 29.3 Å². The van der Waals surface area contributed by atoms with Gasteiger partial charge in [-0.2, -0.15) is 0 Å². The average Bonchev–Trinajstić information content (AvgIpc) is 2.71. The Morgan fingerprint density at radius 3 is 3.00 bits per heavy atom. The molecule has 1 fully saturated rings. The Hall–Kier alpha value is -0.890. The SMILES string of the molecule is COCC(=O)NCC1(O)CNCCOC1c1ccc(Cl)c(Cl)c1. The number of nitrogens with one attached hydrogen (secondary N) is 2. The predicted molar refractivity (Wildman–Crippen MR) is 87.9 cm³/mol. The number of amides is 1. The summed E-state index contributed by atoms with van der Waals surface area (Å²) in [7, 11) is 1.43. The molecule has 128 valence electrons. The highest BCUT2D eigenvalue weighted by atomic mass is 35.5.